The van der Waals surface area contributed by atoms with E-state index in [4.69, 9.17) is 28.3 Å². The second-order valence-corrected chi connectivity index (χ2v) is 9.76. The first-order chi connectivity index (χ1) is 14.9. The lowest BCUT2D eigenvalue weighted by atomic mass is 10.0. The summed E-state index contributed by atoms with van der Waals surface area (Å²) in [5.74, 6) is 0.462. The molecule has 2 fully saturated rings. The van der Waals surface area contributed by atoms with Gasteiger partial charge in [0.1, 0.15) is 0 Å². The topological polar surface area (TPSA) is 100 Å². The molecule has 2 atom stereocenters. The summed E-state index contributed by atoms with van der Waals surface area (Å²) < 4.78 is 0. The van der Waals surface area contributed by atoms with Crippen LogP contribution in [0.25, 0.3) is 10.7 Å². The van der Waals surface area contributed by atoms with Crippen molar-refractivity contribution < 1.29 is 9.90 Å². The van der Waals surface area contributed by atoms with Crippen LogP contribution in [-0.4, -0.2) is 62.4 Å². The monoisotopic (exact) mass is 479 g/mol. The molecule has 0 aliphatic carbocycles. The third-order valence-corrected chi connectivity index (χ3v) is 7.49. The van der Waals surface area contributed by atoms with Crippen molar-refractivity contribution in [2.75, 3.05) is 36.0 Å². The molecule has 0 radical (unpaired) electrons. The van der Waals surface area contributed by atoms with Gasteiger partial charge in [0, 0.05) is 53.7 Å². The van der Waals surface area contributed by atoms with Gasteiger partial charge in [-0.1, -0.05) is 34.5 Å². The van der Waals surface area contributed by atoms with Gasteiger partial charge in [0.25, 0.3) is 0 Å². The van der Waals surface area contributed by atoms with Crippen LogP contribution in [0.2, 0.25) is 10.0 Å². The van der Waals surface area contributed by atoms with Gasteiger partial charge in [-0.15, -0.1) is 10.2 Å². The van der Waals surface area contributed by atoms with Crippen molar-refractivity contribution in [1.82, 2.24) is 25.2 Å². The van der Waals surface area contributed by atoms with E-state index in [9.17, 15) is 4.79 Å². The van der Waals surface area contributed by atoms with Gasteiger partial charge in [0.15, 0.2) is 11.7 Å². The van der Waals surface area contributed by atoms with Crippen molar-refractivity contribution in [2.24, 2.45) is 11.8 Å². The minimum absolute atomic E-state index is 0.318. The fourth-order valence-electron chi connectivity index (χ4n) is 4.35. The second-order valence-electron chi connectivity index (χ2n) is 7.91. The van der Waals surface area contributed by atoms with Crippen LogP contribution in [0.15, 0.2) is 18.3 Å². The molecular weight excluding hydrogens is 461 g/mol. The summed E-state index contributed by atoms with van der Waals surface area (Å²) in [6.07, 6.45) is 1.72. The Morgan fingerprint density at radius 3 is 2.61 bits per heavy atom. The van der Waals surface area contributed by atoms with E-state index in [-0.39, 0.29) is 6.54 Å². The van der Waals surface area contributed by atoms with Gasteiger partial charge in [-0.25, -0.2) is 4.98 Å². The number of anilines is 2. The number of carboxylic acid groups (broad SMARTS) is 1. The van der Waals surface area contributed by atoms with Gasteiger partial charge in [-0.05, 0) is 29.8 Å². The van der Waals surface area contributed by atoms with E-state index in [0.29, 0.717) is 27.7 Å². The maximum Gasteiger partial charge on any atom is 0.327 e. The summed E-state index contributed by atoms with van der Waals surface area (Å²) >= 11 is 14.1. The lowest BCUT2D eigenvalue weighted by molar-refractivity contribution is -0.138. The van der Waals surface area contributed by atoms with Crippen LogP contribution in [0, 0.1) is 18.8 Å². The smallest absolute Gasteiger partial charge is 0.327 e. The zero-order valence-corrected chi connectivity index (χ0v) is 18.9. The second kappa shape index (κ2) is 7.92. The van der Waals surface area contributed by atoms with E-state index in [2.05, 4.69) is 30.2 Å². The molecule has 2 unspecified atom stereocenters. The molecule has 9 nitrogen and oxygen atoms in total. The number of hydrogen-bond donors (Lipinski definition) is 1. The molecule has 1 N–H and O–H groups in total. The first kappa shape index (κ1) is 20.5. The molecule has 5 rings (SSSR count). The minimum atomic E-state index is -1.01. The molecular formula is C19H19Cl2N7O2S. The highest BCUT2D eigenvalue weighted by atomic mass is 35.5. The van der Waals surface area contributed by atoms with E-state index in [1.54, 1.807) is 12.3 Å². The first-order valence-corrected chi connectivity index (χ1v) is 11.4. The molecule has 1 aromatic carbocycles. The van der Waals surface area contributed by atoms with Crippen molar-refractivity contribution >= 4 is 51.3 Å². The molecule has 0 bridgehead atoms. The Hall–Kier alpha value is -2.43. The van der Waals surface area contributed by atoms with Crippen LogP contribution < -0.4 is 9.80 Å². The molecule has 2 aromatic heterocycles. The minimum Gasteiger partial charge on any atom is -0.480 e. The van der Waals surface area contributed by atoms with E-state index < -0.39 is 5.97 Å². The van der Waals surface area contributed by atoms with Crippen molar-refractivity contribution in [2.45, 2.75) is 13.5 Å². The molecule has 162 valence electrons. The molecule has 2 aliphatic rings. The van der Waals surface area contributed by atoms with Crippen molar-refractivity contribution in [3.8, 4) is 10.7 Å². The number of nitrogens with zero attached hydrogens (tertiary/aromatic N) is 7. The van der Waals surface area contributed by atoms with Gasteiger partial charge in [-0.2, -0.15) is 4.80 Å². The van der Waals surface area contributed by atoms with Crippen LogP contribution in [0.5, 0.6) is 0 Å². The molecule has 0 spiro atoms. The summed E-state index contributed by atoms with van der Waals surface area (Å²) in [6, 6.07) is 3.79. The number of tetrazole rings is 1. The normalized spacial score (nSPS) is 20.5. The number of carbonyl (C=O) groups is 1. The Bertz CT molecular complexity index is 1140. The lowest BCUT2D eigenvalue weighted by Gasteiger charge is -2.25. The average molecular weight is 480 g/mol. The summed E-state index contributed by atoms with van der Waals surface area (Å²) in [6.45, 7) is 5.50. The predicted octanol–water partition coefficient (Wildman–Crippen LogP) is 3.07. The summed E-state index contributed by atoms with van der Waals surface area (Å²) in [4.78, 5) is 21.9. The number of halogens is 2. The number of aromatic nitrogens is 5. The number of hydrogen-bond acceptors (Lipinski definition) is 8. The summed E-state index contributed by atoms with van der Waals surface area (Å²) in [5.41, 5.74) is 2.18. The van der Waals surface area contributed by atoms with Crippen molar-refractivity contribution in [3.63, 3.8) is 0 Å². The van der Waals surface area contributed by atoms with E-state index in [1.165, 1.54) is 11.3 Å². The maximum absolute atomic E-state index is 10.8. The molecule has 0 amide bonds. The average Bonchev–Trinajstić information content (AvgIpc) is 3.45. The summed E-state index contributed by atoms with van der Waals surface area (Å²) in [5, 5.41) is 23.0. The zero-order chi connectivity index (χ0) is 21.7. The molecule has 0 saturated carbocycles. The predicted molar refractivity (Wildman–Crippen MR) is 119 cm³/mol. The SMILES string of the molecule is Cc1c(Cl)cc(Cl)cc1N1CC2CN(c3ncc(-c4nnn(CC(=O)O)n4)s3)CC2C1. The van der Waals surface area contributed by atoms with Gasteiger partial charge >= 0.3 is 5.97 Å². The molecule has 2 aliphatic heterocycles. The van der Waals surface area contributed by atoms with Crippen LogP contribution in [0.1, 0.15) is 5.56 Å². The fraction of sp³-hybridized carbons (Fsp3) is 0.421. The number of fused-ring (bicyclic) bond motifs is 1. The van der Waals surface area contributed by atoms with Crippen molar-refractivity contribution in [3.05, 3.63) is 33.9 Å². The van der Waals surface area contributed by atoms with Gasteiger partial charge in [-0.3, -0.25) is 4.79 Å². The van der Waals surface area contributed by atoms with Gasteiger partial charge < -0.3 is 14.9 Å². The lowest BCUT2D eigenvalue weighted by Crippen LogP contribution is -2.29. The molecule has 4 heterocycles. The van der Waals surface area contributed by atoms with Crippen LogP contribution in [0.3, 0.4) is 0 Å². The highest BCUT2D eigenvalue weighted by Crippen LogP contribution is 2.40. The molecule has 2 saturated heterocycles. The maximum atomic E-state index is 10.8. The Kier molecular flexibility index (Phi) is 5.23. The third-order valence-electron chi connectivity index (χ3n) is 5.82. The van der Waals surface area contributed by atoms with Gasteiger partial charge in [0.2, 0.25) is 5.82 Å². The highest BCUT2D eigenvalue weighted by Gasteiger charge is 2.41. The van der Waals surface area contributed by atoms with E-state index in [1.807, 2.05) is 13.0 Å². The third kappa shape index (κ3) is 3.95. The number of aliphatic carboxylic acids is 1. The molecule has 31 heavy (non-hydrogen) atoms. The van der Waals surface area contributed by atoms with Crippen LogP contribution >= 0.6 is 34.5 Å². The van der Waals surface area contributed by atoms with E-state index >= 15 is 0 Å². The Balaban J connectivity index is 1.26. The Morgan fingerprint density at radius 1 is 1.19 bits per heavy atom. The standard InChI is InChI=1S/C19H19Cl2N7O2S/c1-10-14(21)2-13(20)3-15(10)26-5-11-7-27(8-12(11)6-26)19-22-4-16(31-19)18-23-25-28(24-18)9-17(29)30/h2-4,11-12H,5-9H2,1H3,(H,29,30). The van der Waals surface area contributed by atoms with Crippen LogP contribution in [0.4, 0.5) is 10.8 Å². The first-order valence-electron chi connectivity index (χ1n) is 9.78. The molecule has 3 aromatic rings. The fourth-order valence-corrected chi connectivity index (χ4v) is 5.69. The van der Waals surface area contributed by atoms with Crippen LogP contribution in [-0.2, 0) is 11.3 Å². The largest absolute Gasteiger partial charge is 0.480 e. The van der Waals surface area contributed by atoms with Crippen molar-refractivity contribution in [1.29, 1.82) is 0 Å². The quantitative estimate of drug-likeness (QED) is 0.595. The number of thiazole rings is 1. The van der Waals surface area contributed by atoms with Gasteiger partial charge in [0.05, 0.1) is 11.1 Å². The van der Waals surface area contributed by atoms with E-state index in [0.717, 1.165) is 52.2 Å². The number of carboxylic acids is 1. The zero-order valence-electron chi connectivity index (χ0n) is 16.6. The number of rotatable bonds is 5. The highest BCUT2D eigenvalue weighted by molar-refractivity contribution is 7.18. The number of benzene rings is 1. The Morgan fingerprint density at radius 2 is 1.90 bits per heavy atom. The molecule has 12 heteroatoms. The Labute approximate surface area is 192 Å². The summed E-state index contributed by atoms with van der Waals surface area (Å²) in [7, 11) is 0.